The van der Waals surface area contributed by atoms with E-state index >= 15 is 0 Å². The second-order valence-corrected chi connectivity index (χ2v) is 14.8. The minimum absolute atomic E-state index is 0.0345. The molecule has 2 aromatic carbocycles. The van der Waals surface area contributed by atoms with Gasteiger partial charge in [0, 0.05) is 17.9 Å². The lowest BCUT2D eigenvalue weighted by molar-refractivity contribution is -0.145. The second-order valence-electron chi connectivity index (χ2n) is 14.8. The van der Waals surface area contributed by atoms with Gasteiger partial charge in [0.15, 0.2) is 11.5 Å². The van der Waals surface area contributed by atoms with Crippen LogP contribution in [-0.2, 0) is 19.1 Å². The van der Waals surface area contributed by atoms with E-state index in [1.165, 1.54) is 12.0 Å². The number of para-hydroxylation sites is 2. The molecule has 0 radical (unpaired) electrons. The van der Waals surface area contributed by atoms with E-state index in [9.17, 15) is 24.3 Å². The summed E-state index contributed by atoms with van der Waals surface area (Å²) in [5, 5.41) is 15.8. The number of carbonyl (C=O) groups excluding carboxylic acids is 3. The molecule has 0 bridgehead atoms. The van der Waals surface area contributed by atoms with Crippen molar-refractivity contribution in [3.8, 4) is 28.6 Å². The lowest BCUT2D eigenvalue weighted by Gasteiger charge is -2.30. The minimum Gasteiger partial charge on any atom is -0.493 e. The van der Waals surface area contributed by atoms with Gasteiger partial charge >= 0.3 is 12.1 Å². The zero-order valence-corrected chi connectivity index (χ0v) is 30.7. The number of amides is 3. The second kappa shape index (κ2) is 15.3. The van der Waals surface area contributed by atoms with Crippen molar-refractivity contribution >= 4 is 34.9 Å². The Labute approximate surface area is 308 Å². The summed E-state index contributed by atoms with van der Waals surface area (Å²) in [6, 6.07) is 10.6. The highest BCUT2D eigenvalue weighted by molar-refractivity contribution is 5.96. The Balaban J connectivity index is 1.35. The molecular weight excluding hydrogens is 682 g/mol. The molecule has 1 aliphatic carbocycles. The molecule has 2 aliphatic heterocycles. The molecule has 3 heterocycles. The SMILES string of the molecule is COc1ccc(-c2nc3ccccc3nc2O[C@@H]2C[C@H]3C(=O)N[C@]4(C(=O)O)C[C@@H]4/C=C\CCCCC[C@H](NC(=O)OC(C)(C)C)C(=O)N3C2)cc1OC. The van der Waals surface area contributed by atoms with Crippen LogP contribution >= 0.6 is 0 Å². The number of aliphatic carboxylic acids is 1. The van der Waals surface area contributed by atoms with Gasteiger partial charge < -0.3 is 39.6 Å². The first-order valence-electron chi connectivity index (χ1n) is 18.0. The number of carbonyl (C=O) groups is 4. The lowest BCUT2D eigenvalue weighted by Crippen LogP contribution is -2.56. The molecule has 1 aromatic heterocycles. The third-order valence-electron chi connectivity index (χ3n) is 9.79. The molecule has 53 heavy (non-hydrogen) atoms. The molecule has 0 unspecified atom stereocenters. The third kappa shape index (κ3) is 8.31. The first-order valence-corrected chi connectivity index (χ1v) is 18.0. The molecule has 282 valence electrons. The van der Waals surface area contributed by atoms with Crippen LogP contribution in [0.15, 0.2) is 54.6 Å². The highest BCUT2D eigenvalue weighted by atomic mass is 16.6. The Morgan fingerprint density at radius 1 is 1.00 bits per heavy atom. The van der Waals surface area contributed by atoms with E-state index in [-0.39, 0.29) is 31.2 Å². The number of hydrogen-bond donors (Lipinski definition) is 3. The van der Waals surface area contributed by atoms with E-state index in [0.717, 1.165) is 19.3 Å². The van der Waals surface area contributed by atoms with Crippen molar-refractivity contribution in [3.63, 3.8) is 0 Å². The molecule has 3 aliphatic rings. The van der Waals surface area contributed by atoms with E-state index in [1.807, 2.05) is 36.4 Å². The van der Waals surface area contributed by atoms with E-state index in [2.05, 4.69) is 10.6 Å². The number of carboxylic acid groups (broad SMARTS) is 1. The normalized spacial score (nSPS) is 25.5. The average molecular weight is 730 g/mol. The van der Waals surface area contributed by atoms with Crippen LogP contribution in [0.4, 0.5) is 4.79 Å². The average Bonchev–Trinajstić information content (AvgIpc) is 3.66. The Hall–Kier alpha value is -5.40. The number of ether oxygens (including phenoxy) is 4. The number of aromatic nitrogens is 2. The number of nitrogens with one attached hydrogen (secondary N) is 2. The van der Waals surface area contributed by atoms with Crippen molar-refractivity contribution in [1.82, 2.24) is 25.5 Å². The number of hydrogen-bond acceptors (Lipinski definition) is 10. The number of methoxy groups -OCH3 is 2. The maximum Gasteiger partial charge on any atom is 0.408 e. The van der Waals surface area contributed by atoms with Gasteiger partial charge in [-0.25, -0.2) is 19.6 Å². The predicted octanol–water partition coefficient (Wildman–Crippen LogP) is 5.04. The van der Waals surface area contributed by atoms with E-state index in [0.29, 0.717) is 46.6 Å². The van der Waals surface area contributed by atoms with E-state index in [1.54, 1.807) is 46.1 Å². The zero-order valence-electron chi connectivity index (χ0n) is 30.7. The van der Waals surface area contributed by atoms with Crippen LogP contribution in [0.2, 0.25) is 0 Å². The summed E-state index contributed by atoms with van der Waals surface area (Å²) in [6.07, 6.45) is 5.88. The lowest BCUT2D eigenvalue weighted by atomic mass is 10.0. The first kappa shape index (κ1) is 37.4. The summed E-state index contributed by atoms with van der Waals surface area (Å²) < 4.78 is 23.0. The van der Waals surface area contributed by atoms with Crippen molar-refractivity contribution in [2.75, 3.05) is 20.8 Å². The van der Waals surface area contributed by atoms with E-state index in [4.69, 9.17) is 28.9 Å². The summed E-state index contributed by atoms with van der Waals surface area (Å²) >= 11 is 0. The van der Waals surface area contributed by atoms with Gasteiger partial charge in [0.25, 0.3) is 0 Å². The fraction of sp³-hybridized carbons (Fsp3) is 0.487. The highest BCUT2D eigenvalue weighted by Gasteiger charge is 2.61. The van der Waals surface area contributed by atoms with Crippen LogP contribution in [0.25, 0.3) is 22.3 Å². The molecule has 14 heteroatoms. The number of carboxylic acids is 1. The molecule has 14 nitrogen and oxygen atoms in total. The summed E-state index contributed by atoms with van der Waals surface area (Å²) in [5.41, 5.74) is -0.0259. The van der Waals surface area contributed by atoms with Crippen LogP contribution in [0, 0.1) is 5.92 Å². The molecule has 3 amide bonds. The molecule has 3 N–H and O–H groups in total. The fourth-order valence-corrected chi connectivity index (χ4v) is 6.99. The minimum atomic E-state index is -1.47. The predicted molar refractivity (Wildman–Crippen MR) is 195 cm³/mol. The van der Waals surface area contributed by atoms with Gasteiger partial charge in [-0.2, -0.15) is 0 Å². The molecule has 6 rings (SSSR count). The van der Waals surface area contributed by atoms with Crippen LogP contribution in [0.5, 0.6) is 17.4 Å². The zero-order chi connectivity index (χ0) is 37.9. The number of fused-ring (bicyclic) bond motifs is 3. The van der Waals surface area contributed by atoms with Crippen molar-refractivity contribution < 1.29 is 43.2 Å². The van der Waals surface area contributed by atoms with Gasteiger partial charge in [0.2, 0.25) is 17.7 Å². The van der Waals surface area contributed by atoms with Gasteiger partial charge in [0.1, 0.15) is 35.0 Å². The Morgan fingerprint density at radius 2 is 1.74 bits per heavy atom. The summed E-state index contributed by atoms with van der Waals surface area (Å²) in [4.78, 5) is 65.1. The molecule has 3 aromatic rings. The number of rotatable bonds is 7. The first-order chi connectivity index (χ1) is 25.3. The van der Waals surface area contributed by atoms with Gasteiger partial charge in [-0.05, 0) is 76.8 Å². The van der Waals surface area contributed by atoms with Crippen LogP contribution < -0.4 is 24.8 Å². The third-order valence-corrected chi connectivity index (χ3v) is 9.79. The summed E-state index contributed by atoms with van der Waals surface area (Å²) in [7, 11) is 3.08. The molecular formula is C39H47N5O9. The largest absolute Gasteiger partial charge is 0.493 e. The van der Waals surface area contributed by atoms with Crippen molar-refractivity contribution in [1.29, 1.82) is 0 Å². The molecule has 1 saturated heterocycles. The number of alkyl carbamates (subject to hydrolysis) is 1. The van der Waals surface area contributed by atoms with Gasteiger partial charge in [-0.1, -0.05) is 37.1 Å². The maximum atomic E-state index is 14.4. The number of allylic oxidation sites excluding steroid dienone is 1. The monoisotopic (exact) mass is 729 g/mol. The maximum absolute atomic E-state index is 14.4. The topological polar surface area (TPSA) is 179 Å². The van der Waals surface area contributed by atoms with Gasteiger partial charge in [-0.3, -0.25) is 9.59 Å². The number of benzene rings is 2. The van der Waals surface area contributed by atoms with Gasteiger partial charge in [0.05, 0.1) is 31.8 Å². The Morgan fingerprint density at radius 3 is 2.43 bits per heavy atom. The van der Waals surface area contributed by atoms with Gasteiger partial charge in [-0.15, -0.1) is 0 Å². The quantitative estimate of drug-likeness (QED) is 0.278. The van der Waals surface area contributed by atoms with Crippen molar-refractivity contribution in [2.24, 2.45) is 5.92 Å². The Bertz CT molecular complexity index is 1910. The molecule has 1 saturated carbocycles. The molecule has 5 atom stereocenters. The summed E-state index contributed by atoms with van der Waals surface area (Å²) in [6.45, 7) is 5.16. The fourth-order valence-electron chi connectivity index (χ4n) is 6.99. The van der Waals surface area contributed by atoms with Crippen LogP contribution in [0.1, 0.15) is 65.7 Å². The Kier molecular flexibility index (Phi) is 10.8. The van der Waals surface area contributed by atoms with Crippen LogP contribution in [0.3, 0.4) is 0 Å². The highest BCUT2D eigenvalue weighted by Crippen LogP contribution is 2.45. The smallest absolute Gasteiger partial charge is 0.408 e. The van der Waals surface area contributed by atoms with E-state index < -0.39 is 53.2 Å². The molecule has 0 spiro atoms. The summed E-state index contributed by atoms with van der Waals surface area (Å²) in [5.74, 6) is -1.43. The molecule has 2 fully saturated rings. The standard InChI is InChI=1S/C39H47N5O9/c1-38(2,3)53-37(49)42-28-16-10-8-6-7-9-13-24-21-39(24,36(47)48)43-33(45)29-20-25(22-44(29)35(28)46)52-34-32(40-26-14-11-12-15-27(26)41-34)23-17-18-30(50-4)31(19-23)51-5/h9,11-15,17-19,24-25,28-29H,6-8,10,16,20-22H2,1-5H3,(H,42,49)(H,43,45)(H,47,48)/b13-9-/t24-,25+,28-,29-,39+/m0/s1. The van der Waals surface area contributed by atoms with Crippen LogP contribution in [-0.4, -0.2) is 93.9 Å². The van der Waals surface area contributed by atoms with Crippen molar-refractivity contribution in [2.45, 2.75) is 95.0 Å². The van der Waals surface area contributed by atoms with Crippen molar-refractivity contribution in [3.05, 3.63) is 54.6 Å². The number of nitrogens with zero attached hydrogens (tertiary/aromatic N) is 3.